The van der Waals surface area contributed by atoms with Crippen LogP contribution >= 0.6 is 6.72 Å². The topological polar surface area (TPSA) is 102 Å². The highest BCUT2D eigenvalue weighted by Crippen LogP contribution is 2.36. The van der Waals surface area contributed by atoms with Crippen LogP contribution < -0.4 is 11.5 Å². The molecule has 0 radical (unpaired) electrons. The monoisotopic (exact) mass is 200 g/mol. The first-order chi connectivity index (χ1) is 4.95. The smallest absolute Gasteiger partial charge is 0.321 e. The molecule has 5 nitrogen and oxygen atoms in total. The van der Waals surface area contributed by atoms with Gasteiger partial charge in [0.2, 0.25) is 0 Å². The molecular weight excluding hydrogens is 187 g/mol. The lowest BCUT2D eigenvalue weighted by Gasteiger charge is -2.12. The minimum atomic E-state index is -3.53. The van der Waals surface area contributed by atoms with Gasteiger partial charge < -0.3 is 25.8 Å². The standard InChI is InChI=1S/C4H13N2O3PS/c5-2-1-4(6)3-9-10(7,8)11/h4H,1-3,5-6H2,(H2,7,8,11)/t4-/m0/s1. The van der Waals surface area contributed by atoms with E-state index in [1.807, 2.05) is 0 Å². The molecule has 0 amide bonds. The van der Waals surface area contributed by atoms with Crippen LogP contribution in [0.3, 0.4) is 0 Å². The van der Waals surface area contributed by atoms with Gasteiger partial charge in [-0.15, -0.1) is 0 Å². The zero-order valence-corrected chi connectivity index (χ0v) is 7.72. The van der Waals surface area contributed by atoms with Crippen LogP contribution in [0.25, 0.3) is 0 Å². The van der Waals surface area contributed by atoms with E-state index in [4.69, 9.17) is 21.3 Å². The van der Waals surface area contributed by atoms with Crippen molar-refractivity contribution in [2.75, 3.05) is 13.2 Å². The van der Waals surface area contributed by atoms with Gasteiger partial charge in [0.05, 0.1) is 6.61 Å². The van der Waals surface area contributed by atoms with Gasteiger partial charge in [0.1, 0.15) is 0 Å². The van der Waals surface area contributed by atoms with Crippen LogP contribution in [0.15, 0.2) is 0 Å². The molecule has 0 heterocycles. The van der Waals surface area contributed by atoms with Gasteiger partial charge in [-0.3, -0.25) is 0 Å². The lowest BCUT2D eigenvalue weighted by atomic mass is 10.2. The van der Waals surface area contributed by atoms with Crippen molar-refractivity contribution in [2.45, 2.75) is 12.5 Å². The summed E-state index contributed by atoms with van der Waals surface area (Å²) in [4.78, 5) is 17.2. The zero-order chi connectivity index (χ0) is 8.91. The Bertz CT molecular complexity index is 150. The Kier molecular flexibility index (Phi) is 5.37. The molecular formula is C4H13N2O3PS. The Balaban J connectivity index is 3.46. The van der Waals surface area contributed by atoms with Crippen LogP contribution in [0.2, 0.25) is 0 Å². The van der Waals surface area contributed by atoms with Gasteiger partial charge in [0.25, 0.3) is 0 Å². The van der Waals surface area contributed by atoms with Gasteiger partial charge in [-0.2, -0.15) is 0 Å². The van der Waals surface area contributed by atoms with Crippen molar-refractivity contribution in [3.63, 3.8) is 0 Å². The summed E-state index contributed by atoms with van der Waals surface area (Å²) >= 11 is 4.20. The van der Waals surface area contributed by atoms with E-state index in [-0.39, 0.29) is 12.6 Å². The van der Waals surface area contributed by atoms with E-state index in [1.165, 1.54) is 0 Å². The molecule has 0 saturated carbocycles. The maximum atomic E-state index is 8.61. The van der Waals surface area contributed by atoms with Crippen molar-refractivity contribution in [2.24, 2.45) is 11.5 Å². The van der Waals surface area contributed by atoms with Crippen LogP contribution in [0.4, 0.5) is 0 Å². The summed E-state index contributed by atoms with van der Waals surface area (Å²) in [6.45, 7) is -3.04. The Morgan fingerprint density at radius 2 is 2.09 bits per heavy atom. The Morgan fingerprint density at radius 1 is 1.55 bits per heavy atom. The third-order valence-electron chi connectivity index (χ3n) is 0.994. The maximum absolute atomic E-state index is 8.61. The Labute approximate surface area is 70.6 Å². The van der Waals surface area contributed by atoms with Gasteiger partial charge in [-0.05, 0) is 24.8 Å². The van der Waals surface area contributed by atoms with Gasteiger partial charge in [0.15, 0.2) is 0 Å². The van der Waals surface area contributed by atoms with E-state index in [0.29, 0.717) is 13.0 Å². The molecule has 0 rings (SSSR count). The lowest BCUT2D eigenvalue weighted by molar-refractivity contribution is 0.232. The van der Waals surface area contributed by atoms with E-state index in [0.717, 1.165) is 0 Å². The van der Waals surface area contributed by atoms with Gasteiger partial charge in [-0.1, -0.05) is 0 Å². The SMILES string of the molecule is NCC[C@H](N)COP(O)(O)=S. The molecule has 0 aromatic rings. The first kappa shape index (κ1) is 11.4. The van der Waals surface area contributed by atoms with Gasteiger partial charge in [-0.25, -0.2) is 0 Å². The number of rotatable bonds is 5. The van der Waals surface area contributed by atoms with E-state index >= 15 is 0 Å². The summed E-state index contributed by atoms with van der Waals surface area (Å²) in [6, 6.07) is -0.276. The Morgan fingerprint density at radius 3 is 2.45 bits per heavy atom. The van der Waals surface area contributed by atoms with Gasteiger partial charge in [0, 0.05) is 6.04 Å². The average molecular weight is 200 g/mol. The quantitative estimate of drug-likeness (QED) is 0.420. The van der Waals surface area contributed by atoms with E-state index in [2.05, 4.69) is 16.3 Å². The minimum absolute atomic E-state index is 0.0431. The summed E-state index contributed by atoms with van der Waals surface area (Å²) in [6.07, 6.45) is 0.579. The molecule has 1 atom stereocenters. The van der Waals surface area contributed by atoms with Crippen molar-refractivity contribution in [1.82, 2.24) is 0 Å². The van der Waals surface area contributed by atoms with Crippen molar-refractivity contribution >= 4 is 18.5 Å². The van der Waals surface area contributed by atoms with Crippen molar-refractivity contribution in [3.05, 3.63) is 0 Å². The molecule has 0 fully saturated rings. The number of hydrogen-bond acceptors (Lipinski definition) is 4. The second kappa shape index (κ2) is 5.16. The summed E-state index contributed by atoms with van der Waals surface area (Å²) in [7, 11) is 0. The summed E-state index contributed by atoms with van der Waals surface area (Å²) in [5.41, 5.74) is 10.6. The van der Waals surface area contributed by atoms with Crippen molar-refractivity contribution < 1.29 is 14.3 Å². The molecule has 7 heteroatoms. The summed E-state index contributed by atoms with van der Waals surface area (Å²) in [5, 5.41) is 0. The third kappa shape index (κ3) is 8.36. The average Bonchev–Trinajstić information content (AvgIpc) is 1.83. The second-order valence-corrected chi connectivity index (χ2v) is 4.79. The molecule has 0 spiro atoms. The molecule has 11 heavy (non-hydrogen) atoms. The van der Waals surface area contributed by atoms with E-state index < -0.39 is 6.72 Å². The highest BCUT2D eigenvalue weighted by Gasteiger charge is 2.10. The molecule has 0 unspecified atom stereocenters. The Hall–Kier alpha value is 0.450. The fourth-order valence-electron chi connectivity index (χ4n) is 0.490. The van der Waals surface area contributed by atoms with E-state index in [1.54, 1.807) is 0 Å². The molecule has 6 N–H and O–H groups in total. The molecule has 0 aliphatic carbocycles. The molecule has 0 aliphatic heterocycles. The molecule has 0 bridgehead atoms. The fraction of sp³-hybridized carbons (Fsp3) is 1.00. The van der Waals surface area contributed by atoms with Crippen LogP contribution in [-0.4, -0.2) is 29.0 Å². The largest absolute Gasteiger partial charge is 0.330 e. The number of hydrogen-bond donors (Lipinski definition) is 4. The predicted octanol–water partition coefficient (Wildman–Crippen LogP) is -1.11. The zero-order valence-electron chi connectivity index (χ0n) is 6.01. The van der Waals surface area contributed by atoms with Crippen LogP contribution in [0.1, 0.15) is 6.42 Å². The van der Waals surface area contributed by atoms with Crippen LogP contribution in [0.5, 0.6) is 0 Å². The molecule has 0 saturated heterocycles. The predicted molar refractivity (Wildman–Crippen MR) is 46.3 cm³/mol. The normalized spacial score (nSPS) is 14.9. The third-order valence-corrected chi connectivity index (χ3v) is 1.80. The molecule has 0 aromatic heterocycles. The van der Waals surface area contributed by atoms with Crippen LogP contribution in [0, 0.1) is 0 Å². The number of nitrogens with two attached hydrogens (primary N) is 2. The minimum Gasteiger partial charge on any atom is -0.330 e. The van der Waals surface area contributed by atoms with Crippen molar-refractivity contribution in [1.29, 1.82) is 0 Å². The fourth-order valence-corrected chi connectivity index (χ4v) is 1.06. The first-order valence-electron chi connectivity index (χ1n) is 3.11. The first-order valence-corrected chi connectivity index (χ1v) is 5.74. The van der Waals surface area contributed by atoms with Crippen molar-refractivity contribution in [3.8, 4) is 0 Å². The highest BCUT2D eigenvalue weighted by atomic mass is 32.5. The molecule has 0 aliphatic rings. The van der Waals surface area contributed by atoms with E-state index in [9.17, 15) is 0 Å². The van der Waals surface area contributed by atoms with Gasteiger partial charge >= 0.3 is 6.72 Å². The van der Waals surface area contributed by atoms with Crippen LogP contribution in [-0.2, 0) is 16.3 Å². The summed E-state index contributed by atoms with van der Waals surface area (Å²) in [5.74, 6) is 0. The second-order valence-electron chi connectivity index (χ2n) is 2.12. The lowest BCUT2D eigenvalue weighted by Crippen LogP contribution is -2.28. The summed E-state index contributed by atoms with van der Waals surface area (Å²) < 4.78 is 4.50. The maximum Gasteiger partial charge on any atom is 0.321 e. The molecule has 0 aromatic carbocycles. The molecule has 68 valence electrons. The highest BCUT2D eigenvalue weighted by molar-refractivity contribution is 8.06.